The number of fused-ring (bicyclic) bond motifs is 12. The highest BCUT2D eigenvalue weighted by Crippen LogP contribution is 2.46. The van der Waals surface area contributed by atoms with Crippen LogP contribution in [0.2, 0.25) is 0 Å². The fourth-order valence-corrected chi connectivity index (χ4v) is 15.8. The summed E-state index contributed by atoms with van der Waals surface area (Å²) in [5, 5.41) is 19.2. The molecule has 9 aromatic carbocycles. The van der Waals surface area contributed by atoms with E-state index in [1.165, 1.54) is 19.3 Å². The third-order valence-electron chi connectivity index (χ3n) is 22.1. The molecule has 0 saturated carbocycles. The highest BCUT2D eigenvalue weighted by atomic mass is 16.5. The number of benzene rings is 9. The van der Waals surface area contributed by atoms with Gasteiger partial charge in [0.05, 0.1) is 41.2 Å². The molecule has 0 aliphatic heterocycles. The van der Waals surface area contributed by atoms with Crippen LogP contribution >= 0.6 is 0 Å². The lowest BCUT2D eigenvalue weighted by Gasteiger charge is -2.27. The number of anilines is 6. The van der Waals surface area contributed by atoms with Crippen LogP contribution in [-0.2, 0) is 54.8 Å². The van der Waals surface area contributed by atoms with Crippen molar-refractivity contribution in [3.8, 4) is 34.5 Å². The van der Waals surface area contributed by atoms with Gasteiger partial charge in [-0.2, -0.15) is 0 Å². The Kier molecular flexibility index (Phi) is 32.8. The Morgan fingerprint density at radius 3 is 0.641 bits per heavy atom. The molecule has 1 aliphatic carbocycles. The zero-order valence-corrected chi connectivity index (χ0v) is 72.9. The number of nitrogens with one attached hydrogen (secondary N) is 6. The molecule has 0 unspecified atom stereocenters. The Hall–Kier alpha value is -10.4. The minimum atomic E-state index is -0.394. The number of methoxy groups -OCH3 is 3. The Morgan fingerprint density at radius 2 is 0.444 bits per heavy atom. The van der Waals surface area contributed by atoms with Crippen molar-refractivity contribution in [3.63, 3.8) is 0 Å². The van der Waals surface area contributed by atoms with Crippen LogP contribution in [0.3, 0.4) is 0 Å². The summed E-state index contributed by atoms with van der Waals surface area (Å²) in [6, 6.07) is 53.4. The van der Waals surface area contributed by atoms with Crippen LogP contribution in [-0.4, -0.2) is 59.2 Å². The monoisotopic (exact) mass is 1590 g/mol. The smallest absolute Gasteiger partial charge is 0.323 e. The normalized spacial score (nSPS) is 12.3. The van der Waals surface area contributed by atoms with Gasteiger partial charge in [-0.3, -0.25) is 0 Å². The summed E-state index contributed by atoms with van der Waals surface area (Å²) >= 11 is 0. The van der Waals surface area contributed by atoms with Crippen molar-refractivity contribution in [1.29, 1.82) is 0 Å². The van der Waals surface area contributed by atoms with Crippen molar-refractivity contribution in [2.45, 2.75) is 253 Å². The number of carbonyl (C=O) groups is 3. The van der Waals surface area contributed by atoms with E-state index in [1.54, 1.807) is 21.3 Å². The molecule has 1 aliphatic rings. The summed E-state index contributed by atoms with van der Waals surface area (Å²) in [7, 11) is 5.27. The molecular weight excluding hydrogens is 1450 g/mol. The maximum atomic E-state index is 14.6. The third-order valence-corrected chi connectivity index (χ3v) is 22.1. The molecule has 15 nitrogen and oxygen atoms in total. The first-order valence-corrected chi connectivity index (χ1v) is 43.2. The van der Waals surface area contributed by atoms with Gasteiger partial charge in [-0.15, -0.1) is 0 Å². The molecule has 0 spiro atoms. The molecule has 6 amide bonds. The molecule has 0 saturated heterocycles. The Balaban J connectivity index is 1.30. The number of amides is 6. The van der Waals surface area contributed by atoms with Crippen molar-refractivity contribution in [2.24, 2.45) is 0 Å². The number of para-hydroxylation sites is 3. The van der Waals surface area contributed by atoms with Gasteiger partial charge in [0.15, 0.2) is 0 Å². The zero-order chi connectivity index (χ0) is 83.5. The first-order valence-electron chi connectivity index (χ1n) is 43.2. The van der Waals surface area contributed by atoms with Crippen LogP contribution in [0.5, 0.6) is 34.5 Å². The van der Waals surface area contributed by atoms with Gasteiger partial charge >= 0.3 is 18.1 Å². The fraction of sp³-hybridized carbons (Fsp3) is 0.441. The quantitative estimate of drug-likeness (QED) is 0.0218. The maximum Gasteiger partial charge on any atom is 0.323 e. The van der Waals surface area contributed by atoms with Gasteiger partial charge in [-0.25, -0.2) is 14.4 Å². The Labute approximate surface area is 699 Å². The second-order valence-electron chi connectivity index (χ2n) is 34.8. The van der Waals surface area contributed by atoms with Gasteiger partial charge < -0.3 is 60.3 Å². The fourth-order valence-electron chi connectivity index (χ4n) is 15.8. The standard InChI is InChI=1S/C102H132N6O9/c1-16-19-22-25-28-40-49-115-94-76-52-70-58-82(100(4,5)6)60-72(91(70)112-13)54-78-66-89(107-98(110)104-86-45-36-32-37-46-86)68-80(95(78)116-50-41-29-26-23-20-17-2)56-74-62-84(102(10,11)12)63-75(93(74)114-15)57-81-69-90(108-99(111)105-87-47-38-33-39-48-87)67-79(96(81)117-51-42-30-27-24-21-18-3)55-73-61-83(101(7,8)9)59-71(92(73)113-14)53-77(94)65-88(64-76)106-97(109)103-85-43-34-31-35-44-85/h31-39,43-48,58-69H,16-30,40-42,49-57H2,1-15H3,(H2,103,106,109)(H2,104,107,110)(H2,105,108,111). The molecule has 9 aromatic rings. The van der Waals surface area contributed by atoms with E-state index in [9.17, 15) is 14.4 Å². The second kappa shape index (κ2) is 43.2. The predicted molar refractivity (Wildman–Crippen MR) is 485 cm³/mol. The minimum Gasteiger partial charge on any atom is -0.496 e. The van der Waals surface area contributed by atoms with Crippen LogP contribution in [0.1, 0.15) is 282 Å². The van der Waals surface area contributed by atoms with Crippen molar-refractivity contribution in [3.05, 3.63) is 247 Å². The van der Waals surface area contributed by atoms with Crippen molar-refractivity contribution >= 4 is 52.2 Å². The number of urea groups is 3. The highest BCUT2D eigenvalue weighted by Gasteiger charge is 2.30. The van der Waals surface area contributed by atoms with Gasteiger partial charge in [-0.1, -0.05) is 270 Å². The third kappa shape index (κ3) is 26.0. The number of hydrogen-bond acceptors (Lipinski definition) is 9. The van der Waals surface area contributed by atoms with Crippen LogP contribution in [0, 0.1) is 0 Å². The minimum absolute atomic E-state index is 0.344. The highest BCUT2D eigenvalue weighted by molar-refractivity contribution is 6.01. The van der Waals surface area contributed by atoms with E-state index >= 15 is 0 Å². The average Bonchev–Trinajstić information content (AvgIpc) is 0.768. The number of ether oxygens (including phenoxy) is 6. The molecule has 15 heteroatoms. The van der Waals surface area contributed by atoms with Gasteiger partial charge in [-0.05, 0) is 158 Å². The van der Waals surface area contributed by atoms with E-state index < -0.39 is 18.1 Å². The Morgan fingerprint density at radius 1 is 0.256 bits per heavy atom. The number of rotatable bonds is 33. The maximum absolute atomic E-state index is 14.6. The first-order chi connectivity index (χ1) is 56.3. The summed E-state index contributed by atoms with van der Waals surface area (Å²) in [6.45, 7) is 28.3. The summed E-state index contributed by atoms with van der Waals surface area (Å²) < 4.78 is 42.8. The van der Waals surface area contributed by atoms with Crippen LogP contribution in [0.25, 0.3) is 0 Å². The van der Waals surface area contributed by atoms with Crippen LogP contribution < -0.4 is 60.3 Å². The van der Waals surface area contributed by atoms with Gasteiger partial charge in [0.1, 0.15) is 34.5 Å². The van der Waals surface area contributed by atoms with E-state index in [1.807, 2.05) is 91.0 Å². The molecule has 0 heterocycles. The lowest BCUT2D eigenvalue weighted by Crippen LogP contribution is -2.20. The van der Waals surface area contributed by atoms with Crippen molar-refractivity contribution in [1.82, 2.24) is 0 Å². The lowest BCUT2D eigenvalue weighted by molar-refractivity contribution is 0.261. The molecule has 6 N–H and O–H groups in total. The molecule has 0 radical (unpaired) electrons. The van der Waals surface area contributed by atoms with E-state index in [0.717, 1.165) is 197 Å². The number of carbonyl (C=O) groups excluding carboxylic acids is 3. The molecule has 624 valence electrons. The topological polar surface area (TPSA) is 179 Å². The summed E-state index contributed by atoms with van der Waals surface area (Å²) in [5.41, 5.74) is 16.6. The molecule has 0 atom stereocenters. The van der Waals surface area contributed by atoms with E-state index in [4.69, 9.17) is 28.4 Å². The summed E-state index contributed by atoms with van der Waals surface area (Å²) in [6.07, 6.45) is 21.4. The second-order valence-corrected chi connectivity index (χ2v) is 34.8. The SMILES string of the molecule is CCCCCCCCOc1c2cc(NC(=O)Nc3ccccc3)cc1Cc1cc(C(C)(C)C)cc(c1OC)Cc1cc(NC(=O)Nc3ccccc3)cc(c1OCCCCCCCC)Cc1cc(C(C)(C)C)cc(c1OC)Cc1cc(NC(=O)Nc3ccccc3)cc(c1OCCCCCCCC)Cc1cc(C(C)(C)C)cc(c1OC)C2. The first kappa shape index (κ1) is 88.9. The molecule has 0 fully saturated rings. The molecule has 117 heavy (non-hydrogen) atoms. The molecule has 10 rings (SSSR count). The largest absolute Gasteiger partial charge is 0.496 e. The summed E-state index contributed by atoms with van der Waals surface area (Å²) in [4.78, 5) is 43.8. The molecular formula is C102H132N6O9. The van der Waals surface area contributed by atoms with Crippen molar-refractivity contribution in [2.75, 3.05) is 73.1 Å². The van der Waals surface area contributed by atoms with E-state index in [0.29, 0.717) is 110 Å². The molecule has 0 aromatic heterocycles. The predicted octanol–water partition coefficient (Wildman–Crippen LogP) is 26.6. The lowest BCUT2D eigenvalue weighted by atomic mass is 9.81. The number of unbranched alkanes of at least 4 members (excludes halogenated alkanes) is 15. The van der Waals surface area contributed by atoms with Crippen LogP contribution in [0.4, 0.5) is 48.5 Å². The van der Waals surface area contributed by atoms with Gasteiger partial charge in [0, 0.05) is 106 Å². The number of hydrogen-bond donors (Lipinski definition) is 6. The summed E-state index contributed by atoms with van der Waals surface area (Å²) in [5.74, 6) is 4.27. The van der Waals surface area contributed by atoms with Gasteiger partial charge in [0.25, 0.3) is 0 Å². The Bertz CT molecular complexity index is 4110. The van der Waals surface area contributed by atoms with E-state index in [2.05, 4.69) is 188 Å². The molecule has 12 bridgehead atoms. The van der Waals surface area contributed by atoms with Gasteiger partial charge in [0.2, 0.25) is 0 Å². The average molecular weight is 1590 g/mol. The van der Waals surface area contributed by atoms with E-state index in [-0.39, 0.29) is 16.2 Å². The zero-order valence-electron chi connectivity index (χ0n) is 72.9. The van der Waals surface area contributed by atoms with Crippen LogP contribution in [0.15, 0.2) is 164 Å². The van der Waals surface area contributed by atoms with Crippen molar-refractivity contribution < 1.29 is 42.8 Å².